The number of imide groups is 1. The second-order valence-corrected chi connectivity index (χ2v) is 10.8. The minimum Gasteiger partial charge on any atom is -0.271 e. The molecule has 0 aromatic heterocycles. The molecule has 0 spiro atoms. The molecule has 0 N–H and O–H groups in total. The molecule has 39 heavy (non-hydrogen) atoms. The Hall–Kier alpha value is -4.18. The summed E-state index contributed by atoms with van der Waals surface area (Å²) in [6.07, 6.45) is 0.544. The van der Waals surface area contributed by atoms with Gasteiger partial charge in [-0.1, -0.05) is 81.8 Å². The molecular weight excluding hydrogens is 560 g/mol. The summed E-state index contributed by atoms with van der Waals surface area (Å²) in [5, 5.41) is 15.7. The molecule has 3 aromatic rings. The summed E-state index contributed by atoms with van der Waals surface area (Å²) >= 11 is 3.46. The van der Waals surface area contributed by atoms with Crippen molar-refractivity contribution in [3.05, 3.63) is 99.5 Å². The van der Waals surface area contributed by atoms with Gasteiger partial charge in [-0.25, -0.2) is 9.91 Å². The number of hydrogen-bond acceptors (Lipinski definition) is 7. The van der Waals surface area contributed by atoms with Crippen molar-refractivity contribution in [3.63, 3.8) is 0 Å². The molecule has 196 valence electrons. The molecule has 0 saturated carbocycles. The van der Waals surface area contributed by atoms with Gasteiger partial charge < -0.3 is 0 Å². The van der Waals surface area contributed by atoms with Crippen LogP contribution in [0.1, 0.15) is 34.7 Å². The first kappa shape index (κ1) is 25.1. The normalized spacial score (nSPS) is 22.1. The zero-order chi connectivity index (χ0) is 27.3. The molecule has 0 radical (unpaired) electrons. The van der Waals surface area contributed by atoms with Crippen LogP contribution in [0.3, 0.4) is 0 Å². The summed E-state index contributed by atoms with van der Waals surface area (Å²) < 4.78 is 0.956. The van der Waals surface area contributed by atoms with Crippen molar-refractivity contribution >= 4 is 45.1 Å². The lowest BCUT2D eigenvalue weighted by Gasteiger charge is -2.26. The standard InChI is InChI=1S/C29H25BrN6O3/c1-17-7-6-8-18(2)26(17)35-28(38)25-27(29(35)39)34(33-31-25)16-24(37)36-23(20-9-4-3-5-10-20)15-22(32-36)19-11-13-21(30)14-12-19/h3-14,23,25,27H,15-16H2,1-2H3. The molecule has 9 nitrogen and oxygen atoms in total. The Morgan fingerprint density at radius 2 is 1.62 bits per heavy atom. The van der Waals surface area contributed by atoms with E-state index in [-0.39, 0.29) is 18.5 Å². The summed E-state index contributed by atoms with van der Waals surface area (Å²) in [4.78, 5) is 41.7. The highest BCUT2D eigenvalue weighted by atomic mass is 79.9. The minimum atomic E-state index is -0.977. The molecule has 0 aliphatic carbocycles. The van der Waals surface area contributed by atoms with Crippen LogP contribution in [0.15, 0.2) is 92.7 Å². The second-order valence-electron chi connectivity index (χ2n) is 9.87. The van der Waals surface area contributed by atoms with Gasteiger partial charge in [0.25, 0.3) is 17.7 Å². The Morgan fingerprint density at radius 3 is 2.31 bits per heavy atom. The number of rotatable bonds is 5. The number of fused-ring (bicyclic) bond motifs is 1. The van der Waals surface area contributed by atoms with Crippen LogP contribution >= 0.6 is 15.9 Å². The van der Waals surface area contributed by atoms with Crippen molar-refractivity contribution < 1.29 is 14.4 Å². The fourth-order valence-electron chi connectivity index (χ4n) is 5.44. The van der Waals surface area contributed by atoms with Gasteiger partial charge in [-0.2, -0.15) is 10.2 Å². The van der Waals surface area contributed by atoms with Gasteiger partial charge >= 0.3 is 0 Å². The predicted molar refractivity (Wildman–Crippen MR) is 149 cm³/mol. The quantitative estimate of drug-likeness (QED) is 0.404. The highest BCUT2D eigenvalue weighted by Crippen LogP contribution is 2.37. The summed E-state index contributed by atoms with van der Waals surface area (Å²) in [5.41, 5.74) is 4.87. The molecule has 3 aromatic carbocycles. The summed E-state index contributed by atoms with van der Waals surface area (Å²) in [6.45, 7) is 3.49. The van der Waals surface area contributed by atoms with Crippen molar-refractivity contribution in [1.82, 2.24) is 10.0 Å². The number of aryl methyl sites for hydroxylation is 2. The smallest absolute Gasteiger partial charge is 0.264 e. The van der Waals surface area contributed by atoms with Crippen molar-refractivity contribution in [3.8, 4) is 0 Å². The maximum Gasteiger partial charge on any atom is 0.264 e. The molecular formula is C29H25BrN6O3. The van der Waals surface area contributed by atoms with Crippen molar-refractivity contribution in [1.29, 1.82) is 0 Å². The van der Waals surface area contributed by atoms with Crippen LogP contribution in [0.25, 0.3) is 0 Å². The third-order valence-electron chi connectivity index (χ3n) is 7.35. The number of anilines is 1. The summed E-state index contributed by atoms with van der Waals surface area (Å²) in [6, 6.07) is 20.9. The molecule has 1 saturated heterocycles. The van der Waals surface area contributed by atoms with Crippen LogP contribution in [-0.4, -0.2) is 52.1 Å². The summed E-state index contributed by atoms with van der Waals surface area (Å²) in [7, 11) is 0. The van der Waals surface area contributed by atoms with Crippen LogP contribution in [0, 0.1) is 13.8 Å². The third-order valence-corrected chi connectivity index (χ3v) is 7.87. The number of benzene rings is 3. The van der Waals surface area contributed by atoms with E-state index in [4.69, 9.17) is 5.10 Å². The minimum absolute atomic E-state index is 0.231. The van der Waals surface area contributed by atoms with E-state index in [9.17, 15) is 14.4 Å². The van der Waals surface area contributed by atoms with Gasteiger partial charge in [0.1, 0.15) is 6.54 Å². The lowest BCUT2D eigenvalue weighted by atomic mass is 9.98. The Kier molecular flexibility index (Phi) is 6.34. The molecule has 1 fully saturated rings. The molecule has 10 heteroatoms. The number of carbonyl (C=O) groups excluding carboxylic acids is 3. The average Bonchev–Trinajstić information content (AvgIpc) is 3.62. The highest BCUT2D eigenvalue weighted by molar-refractivity contribution is 9.10. The highest BCUT2D eigenvalue weighted by Gasteiger charge is 2.55. The molecule has 3 amide bonds. The molecule has 3 aliphatic rings. The summed E-state index contributed by atoms with van der Waals surface area (Å²) in [5.74, 6) is -1.19. The van der Waals surface area contributed by atoms with E-state index in [0.29, 0.717) is 12.1 Å². The van der Waals surface area contributed by atoms with Gasteiger partial charge in [0.2, 0.25) is 0 Å². The zero-order valence-electron chi connectivity index (χ0n) is 21.4. The molecule has 3 heterocycles. The third kappa shape index (κ3) is 4.34. The van der Waals surface area contributed by atoms with Crippen LogP contribution in [-0.2, 0) is 14.4 Å². The van der Waals surface area contributed by atoms with E-state index in [2.05, 4.69) is 26.3 Å². The molecule has 6 rings (SSSR count). The predicted octanol–water partition coefficient (Wildman–Crippen LogP) is 4.74. The topological polar surface area (TPSA) is 98.0 Å². The number of hydrazone groups is 1. The maximum atomic E-state index is 13.7. The number of amides is 3. The lowest BCUT2D eigenvalue weighted by Crippen LogP contribution is -2.45. The first-order valence-electron chi connectivity index (χ1n) is 12.7. The van der Waals surface area contributed by atoms with Crippen LogP contribution in [0.2, 0.25) is 0 Å². The zero-order valence-corrected chi connectivity index (χ0v) is 22.9. The molecule has 3 aliphatic heterocycles. The van der Waals surface area contributed by atoms with Gasteiger partial charge in [0.05, 0.1) is 17.4 Å². The first-order chi connectivity index (χ1) is 18.8. The number of para-hydroxylation sites is 1. The van der Waals surface area contributed by atoms with E-state index >= 15 is 0 Å². The number of halogens is 1. The lowest BCUT2D eigenvalue weighted by molar-refractivity contribution is -0.135. The Balaban J connectivity index is 1.27. The van der Waals surface area contributed by atoms with E-state index in [1.165, 1.54) is 14.9 Å². The van der Waals surface area contributed by atoms with Crippen molar-refractivity contribution in [2.75, 3.05) is 11.4 Å². The Labute approximate surface area is 233 Å². The Bertz CT molecular complexity index is 1520. The van der Waals surface area contributed by atoms with Crippen LogP contribution < -0.4 is 4.90 Å². The van der Waals surface area contributed by atoms with Gasteiger partial charge in [-0.05, 0) is 48.2 Å². The average molecular weight is 585 g/mol. The van der Waals surface area contributed by atoms with E-state index in [0.717, 1.165) is 32.4 Å². The largest absolute Gasteiger partial charge is 0.271 e. The number of nitrogens with zero attached hydrogens (tertiary/aromatic N) is 6. The van der Waals surface area contributed by atoms with Crippen molar-refractivity contribution in [2.24, 2.45) is 15.4 Å². The molecule has 3 unspecified atom stereocenters. The van der Waals surface area contributed by atoms with Gasteiger partial charge in [-0.15, -0.1) is 0 Å². The van der Waals surface area contributed by atoms with Gasteiger partial charge in [-0.3, -0.25) is 19.4 Å². The van der Waals surface area contributed by atoms with Gasteiger partial charge in [0, 0.05) is 10.9 Å². The Morgan fingerprint density at radius 1 is 0.923 bits per heavy atom. The van der Waals surface area contributed by atoms with E-state index < -0.39 is 23.9 Å². The fraction of sp³-hybridized carbons (Fsp3) is 0.241. The maximum absolute atomic E-state index is 13.7. The van der Waals surface area contributed by atoms with E-state index in [1.807, 2.05) is 86.6 Å². The fourth-order valence-corrected chi connectivity index (χ4v) is 5.70. The van der Waals surface area contributed by atoms with Crippen LogP contribution in [0.4, 0.5) is 5.69 Å². The monoisotopic (exact) mass is 584 g/mol. The van der Waals surface area contributed by atoms with Crippen molar-refractivity contribution in [2.45, 2.75) is 38.4 Å². The number of hydrogen-bond donors (Lipinski definition) is 0. The SMILES string of the molecule is Cc1cccc(C)c1N1C(=O)C2N=NN(CC(=O)N3N=C(c4ccc(Br)cc4)CC3c3ccccc3)C2C1=O. The molecule has 0 bridgehead atoms. The second kappa shape index (κ2) is 9.85. The van der Waals surface area contributed by atoms with Gasteiger partial charge in [0.15, 0.2) is 12.1 Å². The molecule has 3 atom stereocenters. The van der Waals surface area contributed by atoms with E-state index in [1.54, 1.807) is 0 Å². The van der Waals surface area contributed by atoms with Crippen LogP contribution in [0.5, 0.6) is 0 Å². The number of carbonyl (C=O) groups is 3. The first-order valence-corrected chi connectivity index (χ1v) is 13.4.